The second-order valence-electron chi connectivity index (χ2n) is 3.17. The molecule has 0 atom stereocenters. The molecule has 0 bridgehead atoms. The Morgan fingerprint density at radius 2 is 2.18 bits per heavy atom. The van der Waals surface area contributed by atoms with Crippen LogP contribution in [-0.4, -0.2) is 25.2 Å². The van der Waals surface area contributed by atoms with Crippen LogP contribution in [0.15, 0.2) is 35.3 Å². The first-order valence-corrected chi connectivity index (χ1v) is 6.94. The maximum absolute atomic E-state index is 11.5. The van der Waals surface area contributed by atoms with Gasteiger partial charge in [0.25, 0.3) is 0 Å². The largest absolute Gasteiger partial charge is 0.478 e. The number of hydrogen-bond acceptors (Lipinski definition) is 3. The van der Waals surface area contributed by atoms with E-state index in [1.165, 1.54) is 24.3 Å². The van der Waals surface area contributed by atoms with Crippen LogP contribution < -0.4 is 4.72 Å². The summed E-state index contributed by atoms with van der Waals surface area (Å²) in [7, 11) is -3.61. The number of anilines is 1. The summed E-state index contributed by atoms with van der Waals surface area (Å²) in [4.78, 5) is 10.9. The molecule has 0 spiro atoms. The Balaban J connectivity index is 3.17. The van der Waals surface area contributed by atoms with Crippen molar-refractivity contribution in [3.05, 3.63) is 40.9 Å². The zero-order valence-corrected chi connectivity index (χ0v) is 11.1. The van der Waals surface area contributed by atoms with E-state index in [1.54, 1.807) is 0 Å². The molecule has 0 saturated carbocycles. The highest BCUT2D eigenvalue weighted by Crippen LogP contribution is 2.22. The van der Waals surface area contributed by atoms with Gasteiger partial charge in [-0.15, -0.1) is 6.58 Å². The van der Waals surface area contributed by atoms with Crippen LogP contribution in [0.1, 0.15) is 10.4 Å². The van der Waals surface area contributed by atoms with Crippen LogP contribution in [0.5, 0.6) is 0 Å². The Morgan fingerprint density at radius 3 is 2.71 bits per heavy atom. The minimum absolute atomic E-state index is 0.0220. The number of sulfonamides is 1. The Morgan fingerprint density at radius 1 is 1.53 bits per heavy atom. The van der Waals surface area contributed by atoms with E-state index in [1.807, 2.05) is 0 Å². The van der Waals surface area contributed by atoms with Crippen molar-refractivity contribution in [1.82, 2.24) is 0 Å². The van der Waals surface area contributed by atoms with Crippen molar-refractivity contribution in [2.45, 2.75) is 0 Å². The highest BCUT2D eigenvalue weighted by atomic mass is 79.9. The van der Waals surface area contributed by atoms with E-state index in [4.69, 9.17) is 5.11 Å². The fourth-order valence-electron chi connectivity index (χ4n) is 1.15. The molecule has 0 aliphatic heterocycles. The Labute approximate surface area is 107 Å². The van der Waals surface area contributed by atoms with Crippen molar-refractivity contribution in [1.29, 1.82) is 0 Å². The van der Waals surface area contributed by atoms with Gasteiger partial charge in [-0.3, -0.25) is 4.72 Å². The third-order valence-electron chi connectivity index (χ3n) is 1.81. The molecule has 7 heteroatoms. The van der Waals surface area contributed by atoms with Gasteiger partial charge in [0, 0.05) is 4.47 Å². The van der Waals surface area contributed by atoms with Gasteiger partial charge in [-0.1, -0.05) is 22.0 Å². The zero-order chi connectivity index (χ0) is 13.1. The minimum Gasteiger partial charge on any atom is -0.478 e. The van der Waals surface area contributed by atoms with E-state index < -0.39 is 16.0 Å². The lowest BCUT2D eigenvalue weighted by molar-refractivity contribution is 0.0698. The van der Waals surface area contributed by atoms with E-state index >= 15 is 0 Å². The van der Waals surface area contributed by atoms with Crippen LogP contribution in [0.25, 0.3) is 0 Å². The lowest BCUT2D eigenvalue weighted by atomic mass is 10.2. The summed E-state index contributed by atoms with van der Waals surface area (Å²) in [6.07, 6.45) is 1.22. The summed E-state index contributed by atoms with van der Waals surface area (Å²) >= 11 is 3.14. The van der Waals surface area contributed by atoms with E-state index in [-0.39, 0.29) is 17.0 Å². The number of carboxylic acid groups (broad SMARTS) is 1. The standard InChI is InChI=1S/C10H10BrNO4S/c1-2-5-17(15,16)12-9-6-7(11)3-4-8(9)10(13)14/h2-4,6,12H,1,5H2,(H,13,14). The molecule has 2 N–H and O–H groups in total. The summed E-state index contributed by atoms with van der Waals surface area (Å²) in [5.41, 5.74) is -0.0884. The van der Waals surface area contributed by atoms with Gasteiger partial charge < -0.3 is 5.11 Å². The first-order chi connectivity index (χ1) is 7.85. The molecule has 0 fully saturated rings. The van der Waals surface area contributed by atoms with Crippen LogP contribution in [-0.2, 0) is 10.0 Å². The molecule has 0 amide bonds. The van der Waals surface area contributed by atoms with Crippen molar-refractivity contribution in [3.63, 3.8) is 0 Å². The molecule has 5 nitrogen and oxygen atoms in total. The summed E-state index contributed by atoms with van der Waals surface area (Å²) in [6, 6.07) is 4.23. The van der Waals surface area contributed by atoms with Gasteiger partial charge in [-0.25, -0.2) is 13.2 Å². The minimum atomic E-state index is -3.61. The maximum Gasteiger partial charge on any atom is 0.337 e. The van der Waals surface area contributed by atoms with Gasteiger partial charge in [0.15, 0.2) is 0 Å². The number of halogens is 1. The predicted octanol–water partition coefficient (Wildman–Crippen LogP) is 2.08. The summed E-state index contributed by atoms with van der Waals surface area (Å²) in [6.45, 7) is 3.32. The summed E-state index contributed by atoms with van der Waals surface area (Å²) in [5, 5.41) is 8.91. The molecule has 0 aliphatic carbocycles. The zero-order valence-electron chi connectivity index (χ0n) is 8.68. The van der Waals surface area contributed by atoms with Gasteiger partial charge in [0.2, 0.25) is 10.0 Å². The number of hydrogen-bond donors (Lipinski definition) is 2. The van der Waals surface area contributed by atoms with Crippen LogP contribution in [0.3, 0.4) is 0 Å². The second-order valence-corrected chi connectivity index (χ2v) is 5.85. The lowest BCUT2D eigenvalue weighted by Gasteiger charge is -2.09. The smallest absolute Gasteiger partial charge is 0.337 e. The van der Waals surface area contributed by atoms with E-state index in [2.05, 4.69) is 27.2 Å². The normalized spacial score (nSPS) is 10.9. The molecular formula is C10H10BrNO4S. The summed E-state index contributed by atoms with van der Waals surface area (Å²) in [5.74, 6) is -1.48. The molecule has 1 aromatic rings. The quantitative estimate of drug-likeness (QED) is 0.814. The van der Waals surface area contributed by atoms with Crippen LogP contribution >= 0.6 is 15.9 Å². The third kappa shape index (κ3) is 3.86. The fraction of sp³-hybridized carbons (Fsp3) is 0.100. The van der Waals surface area contributed by atoms with Crippen molar-refractivity contribution in [2.75, 3.05) is 10.5 Å². The molecule has 0 radical (unpaired) electrons. The molecule has 0 heterocycles. The van der Waals surface area contributed by atoms with Crippen molar-refractivity contribution >= 4 is 37.6 Å². The first-order valence-electron chi connectivity index (χ1n) is 4.50. The summed E-state index contributed by atoms with van der Waals surface area (Å²) < 4.78 is 25.8. The maximum atomic E-state index is 11.5. The number of carboxylic acids is 1. The van der Waals surface area contributed by atoms with Gasteiger partial charge in [0.05, 0.1) is 17.0 Å². The Bertz CT molecular complexity index is 553. The lowest BCUT2D eigenvalue weighted by Crippen LogP contribution is -2.17. The molecule has 92 valence electrons. The molecular weight excluding hydrogens is 310 g/mol. The van der Waals surface area contributed by atoms with Crippen LogP contribution in [0.4, 0.5) is 5.69 Å². The Hall–Kier alpha value is -1.34. The molecule has 0 saturated heterocycles. The molecule has 0 aromatic heterocycles. The van der Waals surface area contributed by atoms with Crippen molar-refractivity contribution in [3.8, 4) is 0 Å². The van der Waals surface area contributed by atoms with Crippen molar-refractivity contribution in [2.24, 2.45) is 0 Å². The number of carbonyl (C=O) groups is 1. The average molecular weight is 320 g/mol. The monoisotopic (exact) mass is 319 g/mol. The molecule has 0 unspecified atom stereocenters. The number of nitrogens with one attached hydrogen (secondary N) is 1. The van der Waals surface area contributed by atoms with E-state index in [9.17, 15) is 13.2 Å². The average Bonchev–Trinajstić information content (AvgIpc) is 2.15. The van der Waals surface area contributed by atoms with Gasteiger partial charge in [-0.05, 0) is 18.2 Å². The fourth-order valence-corrected chi connectivity index (χ4v) is 2.41. The Kier molecular flexibility index (Phi) is 4.30. The number of benzene rings is 1. The molecule has 0 aliphatic rings. The third-order valence-corrected chi connectivity index (χ3v) is 3.51. The number of rotatable bonds is 5. The SMILES string of the molecule is C=CCS(=O)(=O)Nc1cc(Br)ccc1C(=O)O. The van der Waals surface area contributed by atoms with Gasteiger partial charge in [0.1, 0.15) is 0 Å². The van der Waals surface area contributed by atoms with E-state index in [0.29, 0.717) is 4.47 Å². The predicted molar refractivity (Wildman–Crippen MR) is 68.7 cm³/mol. The molecule has 1 aromatic carbocycles. The topological polar surface area (TPSA) is 83.5 Å². The van der Waals surface area contributed by atoms with Gasteiger partial charge in [-0.2, -0.15) is 0 Å². The van der Waals surface area contributed by atoms with Crippen LogP contribution in [0.2, 0.25) is 0 Å². The highest BCUT2D eigenvalue weighted by molar-refractivity contribution is 9.10. The first kappa shape index (κ1) is 13.7. The van der Waals surface area contributed by atoms with Crippen LogP contribution in [0, 0.1) is 0 Å². The van der Waals surface area contributed by atoms with Gasteiger partial charge >= 0.3 is 5.97 Å². The van der Waals surface area contributed by atoms with Crippen molar-refractivity contribution < 1.29 is 18.3 Å². The molecule has 17 heavy (non-hydrogen) atoms. The van der Waals surface area contributed by atoms with E-state index in [0.717, 1.165) is 0 Å². The number of aromatic carboxylic acids is 1. The highest BCUT2D eigenvalue weighted by Gasteiger charge is 2.15. The molecule has 1 rings (SSSR count). The second kappa shape index (κ2) is 5.33.